The van der Waals surface area contributed by atoms with E-state index in [-0.39, 0.29) is 5.91 Å². The van der Waals surface area contributed by atoms with E-state index < -0.39 is 0 Å². The highest BCUT2D eigenvalue weighted by molar-refractivity contribution is 7.10. The first kappa shape index (κ1) is 14.0. The Morgan fingerprint density at radius 1 is 1.18 bits per heavy atom. The second-order valence-electron chi connectivity index (χ2n) is 4.53. The van der Waals surface area contributed by atoms with Crippen molar-refractivity contribution >= 4 is 29.4 Å². The fraction of sp³-hybridized carbons (Fsp3) is 0. The van der Waals surface area contributed by atoms with E-state index >= 15 is 0 Å². The van der Waals surface area contributed by atoms with Crippen LogP contribution >= 0.6 is 11.3 Å². The van der Waals surface area contributed by atoms with Gasteiger partial charge in [0.25, 0.3) is 5.91 Å². The Morgan fingerprint density at radius 3 is 2.68 bits per heavy atom. The van der Waals surface area contributed by atoms with Gasteiger partial charge < -0.3 is 0 Å². The molecule has 0 radical (unpaired) electrons. The molecule has 0 saturated heterocycles. The van der Waals surface area contributed by atoms with E-state index in [9.17, 15) is 4.79 Å². The number of nitrogens with zero attached hydrogens (tertiary/aromatic N) is 3. The molecule has 3 rings (SSSR count). The summed E-state index contributed by atoms with van der Waals surface area (Å²) in [6.45, 7) is 0. The molecule has 0 bridgehead atoms. The van der Waals surface area contributed by atoms with Crippen LogP contribution in [0.2, 0.25) is 0 Å². The zero-order valence-corrected chi connectivity index (χ0v) is 12.3. The minimum absolute atomic E-state index is 0.222. The van der Waals surface area contributed by atoms with Crippen molar-refractivity contribution in [2.75, 3.05) is 0 Å². The van der Waals surface area contributed by atoms with Crippen LogP contribution in [0.4, 0.5) is 0 Å². The Hall–Kier alpha value is -2.97. The lowest BCUT2D eigenvalue weighted by molar-refractivity contribution is 0.0945. The van der Waals surface area contributed by atoms with Gasteiger partial charge in [-0.05, 0) is 53.9 Å². The molecule has 2 heterocycles. The second kappa shape index (κ2) is 6.20. The van der Waals surface area contributed by atoms with Gasteiger partial charge in [-0.1, -0.05) is 6.07 Å². The third-order valence-corrected chi connectivity index (χ3v) is 3.88. The fourth-order valence-electron chi connectivity index (χ4n) is 1.91. The largest absolute Gasteiger partial charge is 0.278 e. The maximum Gasteiger partial charge on any atom is 0.278 e. The van der Waals surface area contributed by atoms with Crippen LogP contribution in [0, 0.1) is 11.3 Å². The van der Waals surface area contributed by atoms with Gasteiger partial charge in [-0.2, -0.15) is 10.4 Å². The Bertz CT molecular complexity index is 852. The minimum atomic E-state index is -0.222. The molecule has 0 spiro atoms. The Kier molecular flexibility index (Phi) is 3.95. The molecule has 0 unspecified atom stereocenters. The molecule has 5 heteroatoms. The SMILES string of the molecule is N#Cc1ccc(C(=O)n2ccc(C=Cc3cccs3)n2)cc1. The normalized spacial score (nSPS) is 10.7. The van der Waals surface area contributed by atoms with Gasteiger partial charge in [0.15, 0.2) is 0 Å². The lowest BCUT2D eigenvalue weighted by Crippen LogP contribution is -2.12. The number of carbonyl (C=O) groups is 1. The number of thiophene rings is 1. The highest BCUT2D eigenvalue weighted by Crippen LogP contribution is 2.13. The van der Waals surface area contributed by atoms with Gasteiger partial charge in [-0.25, -0.2) is 4.68 Å². The molecule has 3 aromatic rings. The van der Waals surface area contributed by atoms with Crippen molar-refractivity contribution in [1.82, 2.24) is 9.78 Å². The van der Waals surface area contributed by atoms with Crippen LogP contribution in [0.5, 0.6) is 0 Å². The average Bonchev–Trinajstić information content (AvgIpc) is 3.24. The Labute approximate surface area is 131 Å². The van der Waals surface area contributed by atoms with Crippen LogP contribution < -0.4 is 0 Å². The third-order valence-electron chi connectivity index (χ3n) is 3.04. The number of carbonyl (C=O) groups excluding carboxylic acids is 1. The molecule has 0 atom stereocenters. The number of nitriles is 1. The summed E-state index contributed by atoms with van der Waals surface area (Å²) in [6.07, 6.45) is 5.46. The van der Waals surface area contributed by atoms with E-state index in [0.29, 0.717) is 11.1 Å². The van der Waals surface area contributed by atoms with Crippen molar-refractivity contribution in [1.29, 1.82) is 5.26 Å². The summed E-state index contributed by atoms with van der Waals surface area (Å²) < 4.78 is 1.30. The first-order chi connectivity index (χ1) is 10.8. The van der Waals surface area contributed by atoms with E-state index in [1.807, 2.05) is 35.7 Å². The van der Waals surface area contributed by atoms with Crippen LogP contribution in [-0.4, -0.2) is 15.7 Å². The first-order valence-corrected chi connectivity index (χ1v) is 7.46. The van der Waals surface area contributed by atoms with Crippen molar-refractivity contribution in [3.8, 4) is 6.07 Å². The third kappa shape index (κ3) is 3.03. The predicted octanol–water partition coefficient (Wildman–Crippen LogP) is 3.68. The molecule has 2 aromatic heterocycles. The summed E-state index contributed by atoms with van der Waals surface area (Å²) in [6, 6.07) is 14.3. The summed E-state index contributed by atoms with van der Waals surface area (Å²) in [5.74, 6) is -0.222. The minimum Gasteiger partial charge on any atom is -0.267 e. The van der Waals surface area contributed by atoms with Crippen molar-refractivity contribution in [3.63, 3.8) is 0 Å². The maximum absolute atomic E-state index is 12.3. The van der Waals surface area contributed by atoms with Gasteiger partial charge in [0.1, 0.15) is 0 Å². The van der Waals surface area contributed by atoms with Gasteiger partial charge in [-0.3, -0.25) is 4.79 Å². The summed E-state index contributed by atoms with van der Waals surface area (Å²) in [4.78, 5) is 13.4. The molecule has 0 fully saturated rings. The van der Waals surface area contributed by atoms with Gasteiger partial charge in [-0.15, -0.1) is 11.3 Å². The Morgan fingerprint density at radius 2 is 2.00 bits per heavy atom. The van der Waals surface area contributed by atoms with Crippen LogP contribution in [0.3, 0.4) is 0 Å². The molecule has 0 N–H and O–H groups in total. The molecular formula is C17H11N3OS. The molecule has 106 valence electrons. The smallest absolute Gasteiger partial charge is 0.267 e. The van der Waals surface area contributed by atoms with E-state index in [4.69, 9.17) is 5.26 Å². The summed E-state index contributed by atoms with van der Waals surface area (Å²) in [5.41, 5.74) is 1.74. The average molecular weight is 305 g/mol. The van der Waals surface area contributed by atoms with Crippen molar-refractivity contribution < 1.29 is 4.79 Å². The molecule has 0 saturated carbocycles. The lowest BCUT2D eigenvalue weighted by Gasteiger charge is -2.00. The maximum atomic E-state index is 12.3. The number of benzene rings is 1. The topological polar surface area (TPSA) is 58.7 Å². The van der Waals surface area contributed by atoms with Crippen LogP contribution in [0.1, 0.15) is 26.5 Å². The van der Waals surface area contributed by atoms with Gasteiger partial charge in [0, 0.05) is 16.6 Å². The standard InChI is InChI=1S/C17H11N3OS/c18-12-13-3-5-14(6-4-13)17(21)20-10-9-15(19-20)7-8-16-2-1-11-22-16/h1-11H. The Balaban J connectivity index is 1.78. The number of hydrogen-bond acceptors (Lipinski definition) is 4. The summed E-state index contributed by atoms with van der Waals surface area (Å²) >= 11 is 1.64. The number of rotatable bonds is 3. The molecule has 4 nitrogen and oxygen atoms in total. The summed E-state index contributed by atoms with van der Waals surface area (Å²) in [7, 11) is 0. The number of hydrogen-bond donors (Lipinski definition) is 0. The van der Waals surface area contributed by atoms with E-state index in [1.165, 1.54) is 4.68 Å². The number of aromatic nitrogens is 2. The molecule has 0 amide bonds. The van der Waals surface area contributed by atoms with Crippen LogP contribution in [0.15, 0.2) is 54.0 Å². The summed E-state index contributed by atoms with van der Waals surface area (Å²) in [5, 5.41) is 15.0. The van der Waals surface area contributed by atoms with Crippen LogP contribution in [-0.2, 0) is 0 Å². The van der Waals surface area contributed by atoms with Gasteiger partial charge in [0.05, 0.1) is 17.3 Å². The second-order valence-corrected chi connectivity index (χ2v) is 5.51. The lowest BCUT2D eigenvalue weighted by atomic mass is 10.1. The van der Waals surface area contributed by atoms with E-state index in [0.717, 1.165) is 10.6 Å². The monoisotopic (exact) mass is 305 g/mol. The zero-order valence-electron chi connectivity index (χ0n) is 11.5. The van der Waals surface area contributed by atoms with Crippen LogP contribution in [0.25, 0.3) is 12.2 Å². The molecular weight excluding hydrogens is 294 g/mol. The predicted molar refractivity (Wildman–Crippen MR) is 86.4 cm³/mol. The van der Waals surface area contributed by atoms with Gasteiger partial charge in [0.2, 0.25) is 0 Å². The fourth-order valence-corrected chi connectivity index (χ4v) is 2.53. The molecule has 1 aromatic carbocycles. The highest BCUT2D eigenvalue weighted by Gasteiger charge is 2.09. The molecule has 22 heavy (non-hydrogen) atoms. The highest BCUT2D eigenvalue weighted by atomic mass is 32.1. The molecule has 0 aliphatic heterocycles. The van der Waals surface area contributed by atoms with Crippen molar-refractivity contribution in [2.45, 2.75) is 0 Å². The molecule has 0 aliphatic carbocycles. The first-order valence-electron chi connectivity index (χ1n) is 6.58. The quantitative estimate of drug-likeness (QED) is 0.741. The van der Waals surface area contributed by atoms with Gasteiger partial charge >= 0.3 is 0 Å². The zero-order chi connectivity index (χ0) is 15.4. The van der Waals surface area contributed by atoms with E-state index in [1.54, 1.807) is 47.9 Å². The van der Waals surface area contributed by atoms with Crippen molar-refractivity contribution in [2.24, 2.45) is 0 Å². The van der Waals surface area contributed by atoms with Crippen molar-refractivity contribution in [3.05, 3.63) is 75.7 Å². The molecule has 0 aliphatic rings. The van der Waals surface area contributed by atoms with E-state index in [2.05, 4.69) is 5.10 Å².